The summed E-state index contributed by atoms with van der Waals surface area (Å²) in [5.41, 5.74) is 3.92. The highest BCUT2D eigenvalue weighted by Gasteiger charge is 2.04. The van der Waals surface area contributed by atoms with E-state index in [-0.39, 0.29) is 5.56 Å². The maximum absolute atomic E-state index is 11.2. The third-order valence-electron chi connectivity index (χ3n) is 4.16. The maximum atomic E-state index is 11.2. The molecule has 2 aromatic carbocycles. The van der Waals surface area contributed by atoms with Gasteiger partial charge in [0, 0.05) is 22.9 Å². The highest BCUT2D eigenvalue weighted by atomic mass is 16.5. The molecule has 4 rings (SSSR count). The lowest BCUT2D eigenvalue weighted by Crippen LogP contribution is -2.05. The predicted molar refractivity (Wildman–Crippen MR) is 108 cm³/mol. The number of nitrogens with zero attached hydrogens (tertiary/aromatic N) is 3. The quantitative estimate of drug-likeness (QED) is 0.556. The Morgan fingerprint density at radius 2 is 1.68 bits per heavy atom. The fourth-order valence-corrected chi connectivity index (χ4v) is 2.72. The zero-order chi connectivity index (χ0) is 19.3. The summed E-state index contributed by atoms with van der Waals surface area (Å²) < 4.78 is 5.17. The van der Waals surface area contributed by atoms with E-state index >= 15 is 0 Å². The second kappa shape index (κ2) is 7.71. The molecule has 0 unspecified atom stereocenters. The summed E-state index contributed by atoms with van der Waals surface area (Å²) in [6.45, 7) is 0. The van der Waals surface area contributed by atoms with E-state index in [1.807, 2.05) is 60.7 Å². The number of anilines is 2. The molecule has 0 aliphatic rings. The second-order valence-electron chi connectivity index (χ2n) is 6.04. The number of rotatable bonds is 5. The van der Waals surface area contributed by atoms with Gasteiger partial charge in [0.25, 0.3) is 5.56 Å². The molecule has 138 valence electrons. The minimum atomic E-state index is -0.231. The molecule has 0 atom stereocenters. The second-order valence-corrected chi connectivity index (χ2v) is 6.04. The van der Waals surface area contributed by atoms with Gasteiger partial charge in [-0.3, -0.25) is 4.79 Å². The summed E-state index contributed by atoms with van der Waals surface area (Å²) in [6, 6.07) is 22.3. The van der Waals surface area contributed by atoms with Crippen LogP contribution in [0, 0.1) is 0 Å². The first-order valence-corrected chi connectivity index (χ1v) is 8.63. The van der Waals surface area contributed by atoms with E-state index in [2.05, 4.69) is 25.7 Å². The van der Waals surface area contributed by atoms with Crippen molar-refractivity contribution in [3.63, 3.8) is 0 Å². The topological polar surface area (TPSA) is 92.8 Å². The Morgan fingerprint density at radius 3 is 2.36 bits per heavy atom. The fraction of sp³-hybridized carbons (Fsp3) is 0.0476. The van der Waals surface area contributed by atoms with Gasteiger partial charge in [-0.15, -0.1) is 10.2 Å². The SMILES string of the molecule is COc1ccc(-c2ccc(Nc3cccc(-c4ccc(=O)[nH]n4)c3)nn2)cc1. The van der Waals surface area contributed by atoms with Crippen LogP contribution in [0.1, 0.15) is 0 Å². The van der Waals surface area contributed by atoms with Gasteiger partial charge in [-0.2, -0.15) is 5.10 Å². The molecule has 0 spiro atoms. The van der Waals surface area contributed by atoms with E-state index in [9.17, 15) is 4.79 Å². The third kappa shape index (κ3) is 3.88. The van der Waals surface area contributed by atoms with Crippen molar-refractivity contribution in [2.75, 3.05) is 12.4 Å². The molecule has 0 aliphatic heterocycles. The van der Waals surface area contributed by atoms with Crippen LogP contribution >= 0.6 is 0 Å². The van der Waals surface area contributed by atoms with Gasteiger partial charge in [0.05, 0.1) is 18.5 Å². The molecule has 0 amide bonds. The lowest BCUT2D eigenvalue weighted by molar-refractivity contribution is 0.415. The number of hydrogen-bond donors (Lipinski definition) is 2. The van der Waals surface area contributed by atoms with Crippen molar-refractivity contribution in [3.05, 3.63) is 83.2 Å². The molecule has 2 heterocycles. The summed E-state index contributed by atoms with van der Waals surface area (Å²) in [7, 11) is 1.64. The van der Waals surface area contributed by atoms with Crippen LogP contribution < -0.4 is 15.6 Å². The van der Waals surface area contributed by atoms with Crippen LogP contribution in [-0.4, -0.2) is 27.5 Å². The van der Waals surface area contributed by atoms with E-state index in [1.165, 1.54) is 6.07 Å². The van der Waals surface area contributed by atoms with E-state index in [4.69, 9.17) is 4.74 Å². The minimum absolute atomic E-state index is 0.231. The number of aromatic amines is 1. The standard InChI is InChI=1S/C21H17N5O2/c1-28-17-7-5-14(6-8-17)18-9-11-20(25-23-18)22-16-4-2-3-15(13-16)19-10-12-21(27)26-24-19/h2-13H,1H3,(H,22,25)(H,26,27). The summed E-state index contributed by atoms with van der Waals surface area (Å²) in [6.07, 6.45) is 0. The molecule has 2 N–H and O–H groups in total. The molecule has 7 heteroatoms. The molecular formula is C21H17N5O2. The van der Waals surface area contributed by atoms with Gasteiger partial charge >= 0.3 is 0 Å². The predicted octanol–water partition coefficient (Wildman–Crippen LogP) is 3.65. The molecule has 28 heavy (non-hydrogen) atoms. The molecule has 0 bridgehead atoms. The third-order valence-corrected chi connectivity index (χ3v) is 4.16. The van der Waals surface area contributed by atoms with E-state index in [1.54, 1.807) is 13.2 Å². The van der Waals surface area contributed by atoms with Gasteiger partial charge in [-0.25, -0.2) is 5.10 Å². The van der Waals surface area contributed by atoms with Crippen LogP contribution in [0.3, 0.4) is 0 Å². The number of benzene rings is 2. The van der Waals surface area contributed by atoms with Gasteiger partial charge < -0.3 is 10.1 Å². The molecule has 0 saturated heterocycles. The molecule has 2 aromatic heterocycles. The molecule has 4 aromatic rings. The van der Waals surface area contributed by atoms with Crippen LogP contribution in [0.25, 0.3) is 22.5 Å². The number of methoxy groups -OCH3 is 1. The zero-order valence-corrected chi connectivity index (χ0v) is 15.1. The number of aromatic nitrogens is 4. The normalized spacial score (nSPS) is 10.5. The van der Waals surface area contributed by atoms with Gasteiger partial charge in [0.1, 0.15) is 5.75 Å². The first kappa shape index (κ1) is 17.4. The first-order chi connectivity index (χ1) is 13.7. The van der Waals surface area contributed by atoms with Gasteiger partial charge in [-0.05, 0) is 54.6 Å². The van der Waals surface area contributed by atoms with Crippen LogP contribution in [-0.2, 0) is 0 Å². The summed E-state index contributed by atoms with van der Waals surface area (Å²) in [5, 5.41) is 18.3. The summed E-state index contributed by atoms with van der Waals surface area (Å²) in [5.74, 6) is 1.43. The van der Waals surface area contributed by atoms with Crippen molar-refractivity contribution < 1.29 is 4.74 Å². The first-order valence-electron chi connectivity index (χ1n) is 8.63. The average molecular weight is 371 g/mol. The largest absolute Gasteiger partial charge is 0.497 e. The monoisotopic (exact) mass is 371 g/mol. The van der Waals surface area contributed by atoms with Crippen LogP contribution in [0.2, 0.25) is 0 Å². The summed E-state index contributed by atoms with van der Waals surface area (Å²) in [4.78, 5) is 11.2. The van der Waals surface area contributed by atoms with Gasteiger partial charge in [0.2, 0.25) is 0 Å². The Labute approximate surface area is 161 Å². The van der Waals surface area contributed by atoms with Crippen LogP contribution in [0.4, 0.5) is 11.5 Å². The minimum Gasteiger partial charge on any atom is -0.497 e. The Bertz CT molecular complexity index is 1120. The number of H-pyrrole nitrogens is 1. The number of ether oxygens (including phenoxy) is 1. The molecule has 0 saturated carbocycles. The smallest absolute Gasteiger partial charge is 0.264 e. The van der Waals surface area contributed by atoms with E-state index in [0.29, 0.717) is 11.5 Å². The van der Waals surface area contributed by atoms with Crippen LogP contribution in [0.15, 0.2) is 77.6 Å². The molecule has 0 fully saturated rings. The van der Waals surface area contributed by atoms with Gasteiger partial charge in [0.15, 0.2) is 5.82 Å². The maximum Gasteiger partial charge on any atom is 0.264 e. The number of hydrogen-bond acceptors (Lipinski definition) is 6. The fourth-order valence-electron chi connectivity index (χ4n) is 2.72. The number of nitrogens with one attached hydrogen (secondary N) is 2. The van der Waals surface area contributed by atoms with Crippen molar-refractivity contribution in [2.45, 2.75) is 0 Å². The van der Waals surface area contributed by atoms with Crippen molar-refractivity contribution in [1.82, 2.24) is 20.4 Å². The highest BCUT2D eigenvalue weighted by molar-refractivity contribution is 5.68. The van der Waals surface area contributed by atoms with E-state index in [0.717, 1.165) is 28.3 Å². The molecular weight excluding hydrogens is 354 g/mol. The Kier molecular flexibility index (Phi) is 4.79. The highest BCUT2D eigenvalue weighted by Crippen LogP contribution is 2.24. The zero-order valence-electron chi connectivity index (χ0n) is 15.1. The van der Waals surface area contributed by atoms with E-state index < -0.39 is 0 Å². The Hall–Kier alpha value is -4.00. The molecule has 0 aliphatic carbocycles. The molecule has 7 nitrogen and oxygen atoms in total. The molecule has 0 radical (unpaired) electrons. The average Bonchev–Trinajstić information content (AvgIpc) is 2.75. The Morgan fingerprint density at radius 1 is 0.857 bits per heavy atom. The van der Waals surface area contributed by atoms with Crippen LogP contribution in [0.5, 0.6) is 5.75 Å². The van der Waals surface area contributed by atoms with Crippen molar-refractivity contribution in [2.24, 2.45) is 0 Å². The van der Waals surface area contributed by atoms with Crippen molar-refractivity contribution in [3.8, 4) is 28.3 Å². The van der Waals surface area contributed by atoms with Gasteiger partial charge in [-0.1, -0.05) is 12.1 Å². The van der Waals surface area contributed by atoms with Crippen molar-refractivity contribution >= 4 is 11.5 Å². The summed E-state index contributed by atoms with van der Waals surface area (Å²) >= 11 is 0. The lowest BCUT2D eigenvalue weighted by Gasteiger charge is -2.08. The van der Waals surface area contributed by atoms with Crippen molar-refractivity contribution in [1.29, 1.82) is 0 Å². The Balaban J connectivity index is 1.52. The lowest BCUT2D eigenvalue weighted by atomic mass is 10.1.